The molecule has 0 unspecified atom stereocenters. The Labute approximate surface area is 139 Å². The van der Waals surface area contributed by atoms with E-state index in [0.29, 0.717) is 16.3 Å². The van der Waals surface area contributed by atoms with E-state index in [2.05, 4.69) is 0 Å². The first-order chi connectivity index (χ1) is 10.2. The van der Waals surface area contributed by atoms with Crippen molar-refractivity contribution in [1.29, 1.82) is 0 Å². The summed E-state index contributed by atoms with van der Waals surface area (Å²) in [4.78, 5) is 12.2. The van der Waals surface area contributed by atoms with Crippen LogP contribution in [0, 0.1) is 0 Å². The molecule has 1 N–H and O–H groups in total. The van der Waals surface area contributed by atoms with E-state index in [-0.39, 0.29) is 21.8 Å². The normalized spacial score (nSPS) is 11.3. The number of halogens is 2. The average Bonchev–Trinajstić information content (AvgIpc) is 2.39. The second-order valence-corrected chi connectivity index (χ2v) is 6.79. The molecular weight excluding hydrogens is 323 g/mol. The molecule has 0 spiro atoms. The van der Waals surface area contributed by atoms with Gasteiger partial charge in [-0.15, -0.1) is 0 Å². The highest BCUT2D eigenvalue weighted by Crippen LogP contribution is 2.34. The van der Waals surface area contributed by atoms with Gasteiger partial charge in [-0.2, -0.15) is 0 Å². The summed E-state index contributed by atoms with van der Waals surface area (Å²) in [6.07, 6.45) is 0. The van der Waals surface area contributed by atoms with E-state index in [9.17, 15) is 9.90 Å². The number of ether oxygens (including phenoxy) is 1. The molecule has 2 rings (SSSR count). The van der Waals surface area contributed by atoms with Gasteiger partial charge in [-0.3, -0.25) is 0 Å². The maximum absolute atomic E-state index is 12.2. The molecule has 0 amide bonds. The summed E-state index contributed by atoms with van der Waals surface area (Å²) in [6.45, 7) is 5.89. The van der Waals surface area contributed by atoms with E-state index >= 15 is 0 Å². The first-order valence-corrected chi connectivity index (χ1v) is 7.45. The first kappa shape index (κ1) is 16.7. The van der Waals surface area contributed by atoms with E-state index in [4.69, 9.17) is 27.9 Å². The quantitative estimate of drug-likeness (QED) is 0.603. The Morgan fingerprint density at radius 3 is 2.36 bits per heavy atom. The number of rotatable bonds is 2. The van der Waals surface area contributed by atoms with E-state index in [1.165, 1.54) is 24.3 Å². The van der Waals surface area contributed by atoms with Gasteiger partial charge < -0.3 is 9.84 Å². The Morgan fingerprint density at radius 1 is 1.09 bits per heavy atom. The Kier molecular flexibility index (Phi) is 4.69. The maximum atomic E-state index is 12.2. The van der Waals surface area contributed by atoms with Gasteiger partial charge in [0.05, 0.1) is 10.6 Å². The van der Waals surface area contributed by atoms with Crippen molar-refractivity contribution < 1.29 is 14.6 Å². The molecule has 0 fully saturated rings. The lowest BCUT2D eigenvalue weighted by molar-refractivity contribution is 0.0734. The molecule has 0 aliphatic heterocycles. The van der Waals surface area contributed by atoms with Crippen molar-refractivity contribution >= 4 is 29.2 Å². The third-order valence-corrected chi connectivity index (χ3v) is 3.69. The molecule has 0 heterocycles. The van der Waals surface area contributed by atoms with E-state index in [0.717, 1.165) is 0 Å². The van der Waals surface area contributed by atoms with Crippen LogP contribution in [0.5, 0.6) is 11.5 Å². The van der Waals surface area contributed by atoms with E-state index in [1.807, 2.05) is 20.8 Å². The highest BCUT2D eigenvalue weighted by molar-refractivity contribution is 6.36. The highest BCUT2D eigenvalue weighted by Gasteiger charge is 2.20. The number of benzene rings is 2. The number of carbonyl (C=O) groups excluding carboxylic acids is 1. The van der Waals surface area contributed by atoms with Crippen LogP contribution >= 0.6 is 23.2 Å². The SMILES string of the molecule is CC(C)(C)c1cc(OC(=O)c2ccc(Cl)cc2Cl)ccc1O. The monoisotopic (exact) mass is 338 g/mol. The zero-order valence-electron chi connectivity index (χ0n) is 12.5. The van der Waals surface area contributed by atoms with Crippen molar-refractivity contribution in [2.45, 2.75) is 26.2 Å². The van der Waals surface area contributed by atoms with Crippen molar-refractivity contribution in [3.8, 4) is 11.5 Å². The van der Waals surface area contributed by atoms with Crippen LogP contribution in [-0.2, 0) is 5.41 Å². The minimum absolute atomic E-state index is 0.164. The predicted molar refractivity (Wildman–Crippen MR) is 88.2 cm³/mol. The smallest absolute Gasteiger partial charge is 0.345 e. The molecule has 0 aromatic heterocycles. The van der Waals surface area contributed by atoms with Gasteiger partial charge in [-0.05, 0) is 41.8 Å². The van der Waals surface area contributed by atoms with Crippen LogP contribution in [0.15, 0.2) is 36.4 Å². The van der Waals surface area contributed by atoms with E-state index in [1.54, 1.807) is 12.1 Å². The number of carbonyl (C=O) groups is 1. The summed E-state index contributed by atoms with van der Waals surface area (Å²) >= 11 is 11.8. The van der Waals surface area contributed by atoms with Crippen molar-refractivity contribution in [3.05, 3.63) is 57.6 Å². The van der Waals surface area contributed by atoms with E-state index < -0.39 is 5.97 Å². The zero-order valence-corrected chi connectivity index (χ0v) is 14.0. The Hall–Kier alpha value is -1.71. The summed E-state index contributed by atoms with van der Waals surface area (Å²) in [6, 6.07) is 9.26. The van der Waals surface area contributed by atoms with Gasteiger partial charge in [0.2, 0.25) is 0 Å². The molecule has 0 radical (unpaired) electrons. The molecule has 0 saturated carbocycles. The summed E-state index contributed by atoms with van der Waals surface area (Å²) in [5, 5.41) is 10.6. The molecule has 5 heteroatoms. The number of aromatic hydroxyl groups is 1. The lowest BCUT2D eigenvalue weighted by Crippen LogP contribution is -2.13. The minimum atomic E-state index is -0.577. The maximum Gasteiger partial charge on any atom is 0.345 e. The fraction of sp³-hybridized carbons (Fsp3) is 0.235. The predicted octanol–water partition coefficient (Wildman–Crippen LogP) is 5.22. The first-order valence-electron chi connectivity index (χ1n) is 6.69. The minimum Gasteiger partial charge on any atom is -0.508 e. The molecule has 0 bridgehead atoms. The fourth-order valence-electron chi connectivity index (χ4n) is 2.00. The highest BCUT2D eigenvalue weighted by atomic mass is 35.5. The van der Waals surface area contributed by atoms with Crippen molar-refractivity contribution in [2.24, 2.45) is 0 Å². The second-order valence-electron chi connectivity index (χ2n) is 5.94. The van der Waals surface area contributed by atoms with Gasteiger partial charge >= 0.3 is 5.97 Å². The summed E-state index contributed by atoms with van der Waals surface area (Å²) in [5.41, 5.74) is 0.654. The van der Waals surface area contributed by atoms with Crippen molar-refractivity contribution in [1.82, 2.24) is 0 Å². The molecule has 0 aliphatic rings. The summed E-state index contributed by atoms with van der Waals surface area (Å²) in [7, 11) is 0. The van der Waals surface area contributed by atoms with Crippen LogP contribution in [0.2, 0.25) is 10.0 Å². The van der Waals surface area contributed by atoms with Crippen molar-refractivity contribution in [3.63, 3.8) is 0 Å². The topological polar surface area (TPSA) is 46.5 Å². The van der Waals surface area contributed by atoms with Gasteiger partial charge in [0, 0.05) is 10.6 Å². The van der Waals surface area contributed by atoms with Crippen LogP contribution in [0.1, 0.15) is 36.7 Å². The van der Waals surface area contributed by atoms with Crippen LogP contribution in [-0.4, -0.2) is 11.1 Å². The van der Waals surface area contributed by atoms with Gasteiger partial charge in [0.25, 0.3) is 0 Å². The van der Waals surface area contributed by atoms with Gasteiger partial charge in [0.15, 0.2) is 0 Å². The number of hydrogen-bond donors (Lipinski definition) is 1. The third kappa shape index (κ3) is 3.73. The third-order valence-electron chi connectivity index (χ3n) is 3.14. The van der Waals surface area contributed by atoms with Crippen LogP contribution in [0.3, 0.4) is 0 Å². The molecule has 116 valence electrons. The lowest BCUT2D eigenvalue weighted by Gasteiger charge is -2.21. The summed E-state index contributed by atoms with van der Waals surface area (Å²) in [5.74, 6) is -0.0669. The summed E-state index contributed by atoms with van der Waals surface area (Å²) < 4.78 is 5.33. The second kappa shape index (κ2) is 6.19. The largest absolute Gasteiger partial charge is 0.508 e. The van der Waals surface area contributed by atoms with Gasteiger partial charge in [-0.25, -0.2) is 4.79 Å². The van der Waals surface area contributed by atoms with Crippen molar-refractivity contribution in [2.75, 3.05) is 0 Å². The zero-order chi connectivity index (χ0) is 16.5. The van der Waals surface area contributed by atoms with Gasteiger partial charge in [-0.1, -0.05) is 44.0 Å². The number of phenolic OH excluding ortho intramolecular Hbond substituents is 1. The molecule has 2 aromatic rings. The molecule has 0 saturated heterocycles. The number of esters is 1. The average molecular weight is 339 g/mol. The van der Waals surface area contributed by atoms with Crippen LogP contribution in [0.25, 0.3) is 0 Å². The fourth-order valence-corrected chi connectivity index (χ4v) is 2.48. The van der Waals surface area contributed by atoms with Gasteiger partial charge in [0.1, 0.15) is 11.5 Å². The molecule has 22 heavy (non-hydrogen) atoms. The number of hydrogen-bond acceptors (Lipinski definition) is 3. The Morgan fingerprint density at radius 2 is 1.77 bits per heavy atom. The standard InChI is InChI=1S/C17H16Cl2O3/c1-17(2,3)13-9-11(5-7-15(13)20)22-16(21)12-6-4-10(18)8-14(12)19/h4-9,20H,1-3H3. The Balaban J connectivity index is 2.29. The molecule has 0 atom stereocenters. The molecule has 3 nitrogen and oxygen atoms in total. The number of phenols is 1. The lowest BCUT2D eigenvalue weighted by atomic mass is 9.86. The molecule has 0 aliphatic carbocycles. The van der Waals surface area contributed by atoms with Crippen LogP contribution in [0.4, 0.5) is 0 Å². The molecule has 2 aromatic carbocycles. The Bertz CT molecular complexity index is 718. The molecular formula is C17H16Cl2O3. The van der Waals surface area contributed by atoms with Crippen LogP contribution < -0.4 is 4.74 Å².